The Morgan fingerprint density at radius 1 is 1.06 bits per heavy atom. The molecule has 2 aromatic carbocycles. The number of nitrogens with one attached hydrogen (secondary N) is 1. The highest BCUT2D eigenvalue weighted by molar-refractivity contribution is 6.30. The van der Waals surface area contributed by atoms with E-state index < -0.39 is 0 Å². The summed E-state index contributed by atoms with van der Waals surface area (Å²) in [6, 6.07) is 15.9. The number of aryl methyl sites for hydroxylation is 3. The predicted octanol–water partition coefficient (Wildman–Crippen LogP) is 4.93. The topological polar surface area (TPSA) is 75.9 Å². The number of carbonyl (C=O) groups excluding carboxylic acids is 1. The number of carbonyl (C=O) groups is 1. The molecule has 1 fully saturated rings. The van der Waals surface area contributed by atoms with Crippen LogP contribution in [0.25, 0.3) is 16.6 Å². The van der Waals surface area contributed by atoms with Crippen LogP contribution in [0.3, 0.4) is 0 Å². The van der Waals surface area contributed by atoms with Crippen molar-refractivity contribution >= 4 is 34.2 Å². The van der Waals surface area contributed by atoms with Gasteiger partial charge in [-0.05, 0) is 63.4 Å². The number of rotatable bonds is 5. The number of anilines is 1. The van der Waals surface area contributed by atoms with Gasteiger partial charge in [0.05, 0.1) is 22.5 Å². The largest absolute Gasteiger partial charge is 0.353 e. The molecular formula is C27H29ClN6O. The quantitative estimate of drug-likeness (QED) is 0.431. The van der Waals surface area contributed by atoms with Crippen LogP contribution in [0.5, 0.6) is 0 Å². The molecule has 4 aromatic rings. The molecule has 0 spiro atoms. The zero-order valence-electron chi connectivity index (χ0n) is 20.3. The van der Waals surface area contributed by atoms with E-state index in [1.165, 1.54) is 5.56 Å². The van der Waals surface area contributed by atoms with Gasteiger partial charge in [0.1, 0.15) is 5.52 Å². The van der Waals surface area contributed by atoms with Crippen molar-refractivity contribution in [2.75, 3.05) is 18.0 Å². The van der Waals surface area contributed by atoms with Crippen LogP contribution >= 0.6 is 11.6 Å². The second-order valence-electron chi connectivity index (χ2n) is 9.27. The molecule has 0 bridgehead atoms. The Morgan fingerprint density at radius 3 is 2.51 bits per heavy atom. The highest BCUT2D eigenvalue weighted by Gasteiger charge is 2.28. The lowest BCUT2D eigenvalue weighted by atomic mass is 9.95. The molecule has 1 N–H and O–H groups in total. The third-order valence-corrected chi connectivity index (χ3v) is 7.02. The number of hydrogen-bond donors (Lipinski definition) is 1. The van der Waals surface area contributed by atoms with Crippen molar-refractivity contribution in [3.8, 4) is 5.69 Å². The van der Waals surface area contributed by atoms with Crippen molar-refractivity contribution in [2.24, 2.45) is 5.92 Å². The van der Waals surface area contributed by atoms with Gasteiger partial charge in [-0.15, -0.1) is 5.10 Å². The summed E-state index contributed by atoms with van der Waals surface area (Å²) < 4.78 is 1.92. The molecule has 0 saturated carbocycles. The first-order chi connectivity index (χ1) is 16.9. The minimum absolute atomic E-state index is 0.00156. The first-order valence-electron chi connectivity index (χ1n) is 12.0. The zero-order chi connectivity index (χ0) is 24.5. The van der Waals surface area contributed by atoms with Gasteiger partial charge in [-0.25, -0.2) is 4.68 Å². The Morgan fingerprint density at radius 2 is 1.80 bits per heavy atom. The summed E-state index contributed by atoms with van der Waals surface area (Å²) in [4.78, 5) is 15.0. The highest BCUT2D eigenvalue weighted by Crippen LogP contribution is 2.31. The lowest BCUT2D eigenvalue weighted by Crippen LogP contribution is -2.40. The van der Waals surface area contributed by atoms with E-state index in [0.717, 1.165) is 65.3 Å². The maximum absolute atomic E-state index is 12.8. The van der Waals surface area contributed by atoms with Gasteiger partial charge >= 0.3 is 0 Å². The molecule has 35 heavy (non-hydrogen) atoms. The van der Waals surface area contributed by atoms with Crippen molar-refractivity contribution in [1.29, 1.82) is 0 Å². The fourth-order valence-electron chi connectivity index (χ4n) is 4.87. The molecule has 7 nitrogen and oxygen atoms in total. The van der Waals surface area contributed by atoms with E-state index in [2.05, 4.69) is 39.5 Å². The van der Waals surface area contributed by atoms with E-state index in [0.29, 0.717) is 11.6 Å². The van der Waals surface area contributed by atoms with E-state index in [9.17, 15) is 4.79 Å². The average molecular weight is 489 g/mol. The van der Waals surface area contributed by atoms with Crippen LogP contribution < -0.4 is 10.2 Å². The first-order valence-corrected chi connectivity index (χ1v) is 12.4. The monoisotopic (exact) mass is 488 g/mol. The maximum Gasteiger partial charge on any atom is 0.223 e. The van der Waals surface area contributed by atoms with E-state index in [4.69, 9.17) is 16.7 Å². The molecule has 180 valence electrons. The number of aromatic nitrogens is 4. The summed E-state index contributed by atoms with van der Waals surface area (Å²) in [5.74, 6) is 0.896. The van der Waals surface area contributed by atoms with Crippen LogP contribution in [-0.2, 0) is 11.3 Å². The van der Waals surface area contributed by atoms with E-state index in [-0.39, 0.29) is 11.8 Å². The van der Waals surface area contributed by atoms with Gasteiger partial charge in [0.2, 0.25) is 5.91 Å². The Hall–Kier alpha value is -3.45. The molecule has 3 heterocycles. The zero-order valence-corrected chi connectivity index (χ0v) is 21.0. The molecule has 0 aliphatic carbocycles. The third-order valence-electron chi connectivity index (χ3n) is 6.77. The molecule has 1 amide bonds. The SMILES string of the molecule is Cc1cccc(CNC(=O)C2CCN(c3nnc(C)c4c(C)n(-c5ccc(Cl)cc5)nc34)CC2)c1. The normalized spacial score (nSPS) is 14.5. The van der Waals surface area contributed by atoms with Crippen LogP contribution in [0, 0.1) is 26.7 Å². The van der Waals surface area contributed by atoms with Gasteiger partial charge in [-0.2, -0.15) is 10.2 Å². The number of nitrogens with zero attached hydrogens (tertiary/aromatic N) is 5. The van der Waals surface area contributed by atoms with Gasteiger partial charge in [0.25, 0.3) is 0 Å². The lowest BCUT2D eigenvalue weighted by molar-refractivity contribution is -0.125. The van der Waals surface area contributed by atoms with Crippen LogP contribution in [0.2, 0.25) is 5.02 Å². The van der Waals surface area contributed by atoms with Gasteiger partial charge in [0, 0.05) is 30.6 Å². The molecule has 2 aromatic heterocycles. The fraction of sp³-hybridized carbons (Fsp3) is 0.333. The number of hydrogen-bond acceptors (Lipinski definition) is 5. The molecule has 0 radical (unpaired) electrons. The average Bonchev–Trinajstić information content (AvgIpc) is 3.21. The Labute approximate surface area is 210 Å². The molecule has 0 unspecified atom stereocenters. The van der Waals surface area contributed by atoms with Gasteiger partial charge in [-0.1, -0.05) is 41.4 Å². The summed E-state index contributed by atoms with van der Waals surface area (Å²) in [5.41, 5.74) is 5.97. The molecule has 5 rings (SSSR count). The molecule has 0 atom stereocenters. The van der Waals surface area contributed by atoms with Gasteiger partial charge < -0.3 is 10.2 Å². The van der Waals surface area contributed by atoms with Crippen molar-refractivity contribution in [2.45, 2.75) is 40.2 Å². The standard InChI is InChI=1S/C27H29ClN6O/c1-17-5-4-6-20(15-17)16-29-27(35)21-11-13-33(14-12-21)26-25-24(18(2)30-31-26)19(3)34(32-25)23-9-7-22(28)8-10-23/h4-10,15,21H,11-14,16H2,1-3H3,(H,29,35). The minimum atomic E-state index is -0.00156. The summed E-state index contributed by atoms with van der Waals surface area (Å²) in [5, 5.41) is 18.7. The Kier molecular flexibility index (Phi) is 6.43. The Balaban J connectivity index is 1.31. The Bertz CT molecular complexity index is 1370. The van der Waals surface area contributed by atoms with Crippen molar-refractivity contribution in [1.82, 2.24) is 25.3 Å². The first kappa shape index (κ1) is 23.3. The number of benzene rings is 2. The summed E-state index contributed by atoms with van der Waals surface area (Å²) in [6.07, 6.45) is 1.54. The van der Waals surface area contributed by atoms with E-state index >= 15 is 0 Å². The smallest absolute Gasteiger partial charge is 0.223 e. The second kappa shape index (κ2) is 9.66. The highest BCUT2D eigenvalue weighted by atomic mass is 35.5. The number of halogens is 1. The summed E-state index contributed by atoms with van der Waals surface area (Å²) >= 11 is 6.08. The fourth-order valence-corrected chi connectivity index (χ4v) is 4.99. The van der Waals surface area contributed by atoms with Crippen molar-refractivity contribution in [3.05, 3.63) is 76.1 Å². The van der Waals surface area contributed by atoms with Crippen molar-refractivity contribution < 1.29 is 4.79 Å². The van der Waals surface area contributed by atoms with Crippen LogP contribution in [0.1, 0.15) is 35.4 Å². The summed E-state index contributed by atoms with van der Waals surface area (Å²) in [6.45, 7) is 8.11. The predicted molar refractivity (Wildman–Crippen MR) is 139 cm³/mol. The van der Waals surface area contributed by atoms with Crippen molar-refractivity contribution in [3.63, 3.8) is 0 Å². The molecule has 8 heteroatoms. The minimum Gasteiger partial charge on any atom is -0.353 e. The number of amides is 1. The molecule has 1 aliphatic rings. The second-order valence-corrected chi connectivity index (χ2v) is 9.71. The maximum atomic E-state index is 12.8. The van der Waals surface area contributed by atoms with Crippen LogP contribution in [0.15, 0.2) is 48.5 Å². The number of fused-ring (bicyclic) bond motifs is 1. The summed E-state index contributed by atoms with van der Waals surface area (Å²) in [7, 11) is 0. The van der Waals surface area contributed by atoms with Gasteiger partial charge in [-0.3, -0.25) is 4.79 Å². The lowest BCUT2D eigenvalue weighted by Gasteiger charge is -2.32. The van der Waals surface area contributed by atoms with Crippen LogP contribution in [0.4, 0.5) is 5.82 Å². The van der Waals surface area contributed by atoms with E-state index in [1.54, 1.807) is 0 Å². The molecular weight excluding hydrogens is 460 g/mol. The molecule has 1 aliphatic heterocycles. The molecule has 1 saturated heterocycles. The van der Waals surface area contributed by atoms with Crippen LogP contribution in [-0.4, -0.2) is 39.0 Å². The third kappa shape index (κ3) is 4.73. The van der Waals surface area contributed by atoms with Gasteiger partial charge in [0.15, 0.2) is 5.82 Å². The number of piperidine rings is 1. The van der Waals surface area contributed by atoms with E-state index in [1.807, 2.05) is 54.9 Å².